The molecule has 2 heterocycles. The van der Waals surface area contributed by atoms with Gasteiger partial charge in [0, 0.05) is 60.8 Å². The summed E-state index contributed by atoms with van der Waals surface area (Å²) in [4.78, 5) is 3.92. The zero-order valence-corrected chi connectivity index (χ0v) is 18.8. The number of halogens is 4. The van der Waals surface area contributed by atoms with Crippen LogP contribution in [0, 0.1) is 6.92 Å². The second-order valence-corrected chi connectivity index (χ2v) is 9.51. The Hall–Kier alpha value is -2.96. The lowest BCUT2D eigenvalue weighted by atomic mass is 10.0. The minimum Gasteiger partial charge on any atom is -0.406 e. The first-order valence-corrected chi connectivity index (χ1v) is 11.1. The lowest BCUT2D eigenvalue weighted by Gasteiger charge is -2.12. The third-order valence-corrected chi connectivity index (χ3v) is 6.74. The van der Waals surface area contributed by atoms with Crippen molar-refractivity contribution in [2.24, 2.45) is 5.73 Å². The van der Waals surface area contributed by atoms with Crippen LogP contribution in [-0.2, 0) is 16.6 Å². The molecule has 0 radical (unpaired) electrons. The molecule has 0 saturated heterocycles. The number of hydrogen-bond donors (Lipinski definition) is 1. The molecule has 0 aliphatic heterocycles. The Labute approximate surface area is 188 Å². The molecule has 0 bridgehead atoms. The molecule has 0 fully saturated rings. The zero-order chi connectivity index (χ0) is 24.6. The molecule has 7 nitrogen and oxygen atoms in total. The average Bonchev–Trinajstić information content (AvgIpc) is 2.97. The number of sulfonamides is 1. The molecule has 0 atom stereocenters. The van der Waals surface area contributed by atoms with Crippen molar-refractivity contribution in [2.45, 2.75) is 24.7 Å². The number of ether oxygens (including phenoxy) is 1. The number of pyridine rings is 1. The fourth-order valence-electron chi connectivity index (χ4n) is 3.48. The van der Waals surface area contributed by atoms with E-state index in [1.165, 1.54) is 50.8 Å². The van der Waals surface area contributed by atoms with Gasteiger partial charge in [0.15, 0.2) is 0 Å². The van der Waals surface area contributed by atoms with Crippen molar-refractivity contribution in [1.82, 2.24) is 13.9 Å². The van der Waals surface area contributed by atoms with E-state index < -0.39 is 28.0 Å². The Morgan fingerprint density at radius 1 is 1.24 bits per heavy atom. The van der Waals surface area contributed by atoms with Crippen LogP contribution in [0.4, 0.5) is 17.6 Å². The van der Waals surface area contributed by atoms with Crippen molar-refractivity contribution in [3.8, 4) is 16.9 Å². The number of nitrogens with zero attached hydrogens (tertiary/aromatic N) is 3. The van der Waals surface area contributed by atoms with E-state index in [-0.39, 0.29) is 18.0 Å². The van der Waals surface area contributed by atoms with Gasteiger partial charge in [-0.25, -0.2) is 17.1 Å². The van der Waals surface area contributed by atoms with E-state index >= 15 is 0 Å². The summed E-state index contributed by atoms with van der Waals surface area (Å²) in [6, 6.07) is 5.07. The first-order valence-electron chi connectivity index (χ1n) is 9.66. The summed E-state index contributed by atoms with van der Waals surface area (Å²) >= 11 is 0. The van der Waals surface area contributed by atoms with E-state index in [2.05, 4.69) is 9.72 Å². The summed E-state index contributed by atoms with van der Waals surface area (Å²) in [5.41, 5.74) is 7.04. The quantitative estimate of drug-likeness (QED) is 0.511. The Balaban J connectivity index is 2.28. The van der Waals surface area contributed by atoms with Gasteiger partial charge in [-0.15, -0.1) is 13.2 Å². The Morgan fingerprint density at radius 3 is 2.55 bits per heavy atom. The summed E-state index contributed by atoms with van der Waals surface area (Å²) < 4.78 is 84.4. The van der Waals surface area contributed by atoms with Gasteiger partial charge in [0.05, 0.1) is 6.54 Å². The van der Waals surface area contributed by atoms with E-state index in [0.29, 0.717) is 27.7 Å². The molecule has 2 aromatic heterocycles. The third kappa shape index (κ3) is 5.18. The number of fused-ring (bicyclic) bond motifs is 1. The predicted molar refractivity (Wildman–Crippen MR) is 116 cm³/mol. The maximum absolute atomic E-state index is 14.3. The van der Waals surface area contributed by atoms with Gasteiger partial charge in [-0.3, -0.25) is 4.98 Å². The molecule has 33 heavy (non-hydrogen) atoms. The van der Waals surface area contributed by atoms with Crippen molar-refractivity contribution in [2.75, 3.05) is 20.6 Å². The maximum Gasteiger partial charge on any atom is 0.573 e. The summed E-state index contributed by atoms with van der Waals surface area (Å²) in [6.45, 7) is 1.43. The minimum absolute atomic E-state index is 0.0190. The normalized spacial score (nSPS) is 13.2. The SMILES string of the molecule is Cc1c(-c2cncc(S(=O)(=O)N(C)C)c2)c2cc(OC(F)(F)F)ccc2n1C/C(F)=C/CN. The summed E-state index contributed by atoms with van der Waals surface area (Å²) in [5, 5.41) is 0.316. The standard InChI is InChI=1S/C21H22F4N4O3S/c1-13-20(14-8-17(11-27-10-14)33(30,31)28(2)3)18-9-16(32-21(23,24)25)4-5-19(18)29(13)12-15(22)6-7-26/h4-6,8-11H,7,12,26H2,1-3H3/b15-6-. The van der Waals surface area contributed by atoms with E-state index in [1.54, 1.807) is 11.5 Å². The molecule has 3 aromatic rings. The number of benzene rings is 1. The van der Waals surface area contributed by atoms with Crippen molar-refractivity contribution in [3.63, 3.8) is 0 Å². The second-order valence-electron chi connectivity index (χ2n) is 7.36. The molecular weight excluding hydrogens is 464 g/mol. The molecule has 178 valence electrons. The van der Waals surface area contributed by atoms with Crippen molar-refractivity contribution in [3.05, 3.63) is 54.3 Å². The minimum atomic E-state index is -4.90. The fourth-order valence-corrected chi connectivity index (χ4v) is 4.37. The highest BCUT2D eigenvalue weighted by Crippen LogP contribution is 2.38. The van der Waals surface area contributed by atoms with Gasteiger partial charge in [-0.1, -0.05) is 0 Å². The summed E-state index contributed by atoms with van der Waals surface area (Å²) in [6.07, 6.45) is -1.14. The highest BCUT2D eigenvalue weighted by Gasteiger charge is 2.31. The van der Waals surface area contributed by atoms with Crippen molar-refractivity contribution in [1.29, 1.82) is 0 Å². The van der Waals surface area contributed by atoms with Crippen molar-refractivity contribution >= 4 is 20.9 Å². The topological polar surface area (TPSA) is 90.5 Å². The molecule has 0 saturated carbocycles. The van der Waals surface area contributed by atoms with Gasteiger partial charge in [0.1, 0.15) is 16.5 Å². The van der Waals surface area contributed by atoms with Crippen LogP contribution in [0.1, 0.15) is 5.69 Å². The number of allylic oxidation sites excluding steroid dienone is 1. The molecule has 3 rings (SSSR count). The van der Waals surface area contributed by atoms with Crippen LogP contribution in [0.15, 0.2) is 53.5 Å². The first-order chi connectivity index (χ1) is 15.3. The van der Waals surface area contributed by atoms with Crippen LogP contribution in [0.2, 0.25) is 0 Å². The van der Waals surface area contributed by atoms with Gasteiger partial charge in [0.25, 0.3) is 0 Å². The molecule has 12 heteroatoms. The zero-order valence-electron chi connectivity index (χ0n) is 18.0. The molecule has 0 unspecified atom stereocenters. The summed E-state index contributed by atoms with van der Waals surface area (Å²) in [7, 11) is -1.08. The maximum atomic E-state index is 14.3. The number of alkyl halides is 3. The van der Waals surface area contributed by atoms with Gasteiger partial charge >= 0.3 is 6.36 Å². The first kappa shape index (κ1) is 24.7. The summed E-state index contributed by atoms with van der Waals surface area (Å²) in [5.74, 6) is -0.988. The number of hydrogen-bond acceptors (Lipinski definition) is 5. The Kier molecular flexibility index (Phi) is 6.82. The van der Waals surface area contributed by atoms with Gasteiger partial charge in [0.2, 0.25) is 10.0 Å². The average molecular weight is 486 g/mol. The lowest BCUT2D eigenvalue weighted by Crippen LogP contribution is -2.22. The highest BCUT2D eigenvalue weighted by atomic mass is 32.2. The molecule has 1 aromatic carbocycles. The van der Waals surface area contributed by atoms with Gasteiger partial charge in [-0.05, 0) is 37.3 Å². The lowest BCUT2D eigenvalue weighted by molar-refractivity contribution is -0.274. The second kappa shape index (κ2) is 9.12. The van der Waals surface area contributed by atoms with Crippen LogP contribution in [0.25, 0.3) is 22.0 Å². The smallest absolute Gasteiger partial charge is 0.406 e. The monoisotopic (exact) mass is 486 g/mol. The van der Waals surface area contributed by atoms with Crippen molar-refractivity contribution < 1.29 is 30.7 Å². The molecular formula is C21H22F4N4O3S. The molecule has 0 spiro atoms. The van der Waals surface area contributed by atoms with Crippen LogP contribution in [0.5, 0.6) is 5.75 Å². The fraction of sp³-hybridized carbons (Fsp3) is 0.286. The number of nitrogens with two attached hydrogens (primary N) is 1. The largest absolute Gasteiger partial charge is 0.573 e. The van der Waals surface area contributed by atoms with Crippen LogP contribution in [-0.4, -0.2) is 49.3 Å². The molecule has 0 aliphatic carbocycles. The van der Waals surface area contributed by atoms with Crippen LogP contribution >= 0.6 is 0 Å². The Bertz CT molecular complexity index is 1320. The van der Waals surface area contributed by atoms with E-state index in [4.69, 9.17) is 5.73 Å². The molecule has 0 amide bonds. The van der Waals surface area contributed by atoms with E-state index in [0.717, 1.165) is 10.4 Å². The van der Waals surface area contributed by atoms with Crippen LogP contribution < -0.4 is 10.5 Å². The Morgan fingerprint density at radius 2 is 1.94 bits per heavy atom. The van der Waals surface area contributed by atoms with Gasteiger partial charge in [-0.2, -0.15) is 0 Å². The number of rotatable bonds is 7. The van der Waals surface area contributed by atoms with Crippen LogP contribution in [0.3, 0.4) is 0 Å². The van der Waals surface area contributed by atoms with E-state index in [9.17, 15) is 26.0 Å². The highest BCUT2D eigenvalue weighted by molar-refractivity contribution is 7.89. The third-order valence-electron chi connectivity index (χ3n) is 4.96. The molecule has 2 N–H and O–H groups in total. The van der Waals surface area contributed by atoms with E-state index in [1.807, 2.05) is 0 Å². The van der Waals surface area contributed by atoms with Gasteiger partial charge < -0.3 is 15.0 Å². The predicted octanol–water partition coefficient (Wildman–Crippen LogP) is 3.97. The molecule has 0 aliphatic rings. The number of aromatic nitrogens is 2.